The highest BCUT2D eigenvalue weighted by Crippen LogP contribution is 2.41. The molecule has 14 heteroatoms. The van der Waals surface area contributed by atoms with Crippen molar-refractivity contribution >= 4 is 63.3 Å². The number of aromatic nitrogens is 1. The molecule has 1 fully saturated rings. The van der Waals surface area contributed by atoms with E-state index in [1.807, 2.05) is 0 Å². The van der Waals surface area contributed by atoms with Crippen molar-refractivity contribution in [2.75, 3.05) is 31.6 Å². The maximum atomic E-state index is 13.1. The van der Waals surface area contributed by atoms with E-state index in [-0.39, 0.29) is 34.7 Å². The molecular formula is C22H22ClN5O6S2. The number of oxime groups is 1. The summed E-state index contributed by atoms with van der Waals surface area (Å²) in [6.07, 6.45) is 0. The highest BCUT2D eigenvalue weighted by atomic mass is 35.5. The number of amides is 2. The molecule has 2 aromatic rings. The van der Waals surface area contributed by atoms with E-state index in [1.165, 1.54) is 23.8 Å². The summed E-state index contributed by atoms with van der Waals surface area (Å²) in [4.78, 5) is 49.1. The molecule has 0 bridgehead atoms. The molecule has 2 aliphatic heterocycles. The first-order valence-electron chi connectivity index (χ1n) is 10.5. The van der Waals surface area contributed by atoms with Gasteiger partial charge in [0.2, 0.25) is 0 Å². The van der Waals surface area contributed by atoms with Crippen LogP contribution in [0.1, 0.15) is 11.3 Å². The average molecular weight is 552 g/mol. The molecule has 1 aromatic heterocycles. The number of nitrogens with zero attached hydrogens (tertiary/aromatic N) is 3. The molecule has 3 heterocycles. The van der Waals surface area contributed by atoms with Crippen molar-refractivity contribution in [3.05, 3.63) is 52.2 Å². The lowest BCUT2D eigenvalue weighted by Gasteiger charge is -2.49. The molecule has 0 spiro atoms. The fourth-order valence-corrected chi connectivity index (χ4v) is 5.84. The number of nitrogens with one attached hydrogen (secondary N) is 1. The van der Waals surface area contributed by atoms with E-state index in [1.54, 1.807) is 36.8 Å². The number of anilines is 1. The Hall–Kier alpha value is -3.29. The maximum absolute atomic E-state index is 13.1. The molecule has 1 saturated heterocycles. The fraction of sp³-hybridized carbons (Fsp3) is 0.318. The van der Waals surface area contributed by atoms with Gasteiger partial charge >= 0.3 is 5.97 Å². The Labute approximate surface area is 219 Å². The van der Waals surface area contributed by atoms with Gasteiger partial charge in [0.15, 0.2) is 10.8 Å². The van der Waals surface area contributed by atoms with Crippen molar-refractivity contribution in [1.82, 2.24) is 15.2 Å². The van der Waals surface area contributed by atoms with Gasteiger partial charge in [0.05, 0.1) is 7.11 Å². The second-order valence-electron chi connectivity index (χ2n) is 7.56. The Balaban J connectivity index is 1.46. The summed E-state index contributed by atoms with van der Waals surface area (Å²) in [5.41, 5.74) is 7.21. The Morgan fingerprint density at radius 1 is 1.31 bits per heavy atom. The number of benzene rings is 1. The highest BCUT2D eigenvalue weighted by Gasteiger charge is 2.54. The number of fused-ring (bicyclic) bond motifs is 1. The zero-order valence-corrected chi connectivity index (χ0v) is 21.6. The number of halogens is 1. The molecule has 1 aromatic carbocycles. The van der Waals surface area contributed by atoms with Gasteiger partial charge in [0.1, 0.15) is 42.3 Å². The SMILES string of the molecule is CO/N=C(\C(=O)N[C@@H]1C(=O)N2C(C(=O)OCc3ccc(OC)cc3)=C(CCl)CS[C@H]12)c1csc(N)n1. The summed E-state index contributed by atoms with van der Waals surface area (Å²) in [6.45, 7) is 0.00944. The lowest BCUT2D eigenvalue weighted by atomic mass is 10.0. The van der Waals surface area contributed by atoms with Gasteiger partial charge in [0, 0.05) is 17.0 Å². The first-order valence-corrected chi connectivity index (χ1v) is 13.0. The number of hydrogen-bond acceptors (Lipinski definition) is 11. The predicted octanol–water partition coefficient (Wildman–Crippen LogP) is 1.72. The van der Waals surface area contributed by atoms with Gasteiger partial charge < -0.3 is 25.4 Å². The second kappa shape index (κ2) is 11.2. The second-order valence-corrected chi connectivity index (χ2v) is 9.83. The van der Waals surface area contributed by atoms with Crippen LogP contribution in [0.5, 0.6) is 5.75 Å². The molecule has 2 atom stereocenters. The van der Waals surface area contributed by atoms with Crippen molar-refractivity contribution in [3.8, 4) is 5.75 Å². The Morgan fingerprint density at radius 2 is 2.06 bits per heavy atom. The molecule has 3 N–H and O–H groups in total. The number of methoxy groups -OCH3 is 1. The van der Waals surface area contributed by atoms with Crippen LogP contribution in [-0.2, 0) is 30.6 Å². The van der Waals surface area contributed by atoms with Crippen molar-refractivity contribution in [2.45, 2.75) is 18.0 Å². The number of rotatable bonds is 9. The van der Waals surface area contributed by atoms with E-state index in [4.69, 9.17) is 31.6 Å². The zero-order chi connectivity index (χ0) is 25.8. The van der Waals surface area contributed by atoms with E-state index in [0.717, 1.165) is 16.9 Å². The first kappa shape index (κ1) is 25.8. The third-order valence-electron chi connectivity index (χ3n) is 5.38. The number of carbonyl (C=O) groups excluding carboxylic acids is 3. The molecule has 2 aliphatic rings. The molecular weight excluding hydrogens is 530 g/mol. The van der Waals surface area contributed by atoms with Gasteiger partial charge in [-0.3, -0.25) is 14.5 Å². The van der Waals surface area contributed by atoms with E-state index in [9.17, 15) is 14.4 Å². The van der Waals surface area contributed by atoms with E-state index in [0.29, 0.717) is 17.1 Å². The maximum Gasteiger partial charge on any atom is 0.355 e. The lowest BCUT2D eigenvalue weighted by Crippen LogP contribution is -2.71. The largest absolute Gasteiger partial charge is 0.497 e. The summed E-state index contributed by atoms with van der Waals surface area (Å²) >= 11 is 8.60. The van der Waals surface area contributed by atoms with Crippen LogP contribution in [0.25, 0.3) is 0 Å². The Kier molecular flexibility index (Phi) is 8.01. The summed E-state index contributed by atoms with van der Waals surface area (Å²) in [5, 5.41) is 7.70. The number of carbonyl (C=O) groups is 3. The standard InChI is InChI=1S/C22H22ClN5O6S2/c1-32-13-5-3-11(4-6-13)8-34-21(31)17-12(7-23)9-35-20-16(19(30)28(17)20)26-18(29)15(27-33-2)14-10-36-22(24)25-14/h3-6,10,16,20H,7-9H2,1-2H3,(H2,24,25)(H,26,29)/b27-15-/t16-,20-/m1/s1. The lowest BCUT2D eigenvalue weighted by molar-refractivity contribution is -0.153. The number of ether oxygens (including phenoxy) is 2. The molecule has 11 nitrogen and oxygen atoms in total. The van der Waals surface area contributed by atoms with Gasteiger partial charge in [-0.15, -0.1) is 34.7 Å². The minimum atomic E-state index is -0.887. The average Bonchev–Trinajstić information content (AvgIpc) is 3.33. The van der Waals surface area contributed by atoms with Crippen LogP contribution in [0.15, 0.2) is 46.1 Å². The number of nitrogens with two attached hydrogens (primary N) is 1. The number of β-lactam (4-membered cyclic amide) rings is 1. The third kappa shape index (κ3) is 5.13. The van der Waals surface area contributed by atoms with Crippen LogP contribution >= 0.6 is 34.7 Å². The van der Waals surface area contributed by atoms with Crippen molar-refractivity contribution < 1.29 is 28.7 Å². The van der Waals surface area contributed by atoms with Crippen LogP contribution in [0, 0.1) is 0 Å². The van der Waals surface area contributed by atoms with Crippen molar-refractivity contribution in [3.63, 3.8) is 0 Å². The van der Waals surface area contributed by atoms with Gasteiger partial charge in [-0.05, 0) is 23.3 Å². The van der Waals surface area contributed by atoms with E-state index < -0.39 is 29.2 Å². The first-order chi connectivity index (χ1) is 17.4. The third-order valence-corrected chi connectivity index (χ3v) is 7.72. The fourth-order valence-electron chi connectivity index (χ4n) is 3.62. The van der Waals surface area contributed by atoms with Crippen LogP contribution < -0.4 is 15.8 Å². The van der Waals surface area contributed by atoms with Gasteiger partial charge in [-0.2, -0.15) is 0 Å². The van der Waals surface area contributed by atoms with Crippen molar-refractivity contribution in [1.29, 1.82) is 0 Å². The monoisotopic (exact) mass is 551 g/mol. The number of esters is 1. The Morgan fingerprint density at radius 3 is 2.67 bits per heavy atom. The number of alkyl halides is 1. The minimum absolute atomic E-state index is 0.00944. The number of thioether (sulfide) groups is 1. The summed E-state index contributed by atoms with van der Waals surface area (Å²) < 4.78 is 10.6. The van der Waals surface area contributed by atoms with Crippen LogP contribution in [0.3, 0.4) is 0 Å². The smallest absolute Gasteiger partial charge is 0.355 e. The predicted molar refractivity (Wildman–Crippen MR) is 136 cm³/mol. The molecule has 190 valence electrons. The Bertz CT molecular complexity index is 1230. The van der Waals surface area contributed by atoms with Gasteiger partial charge in [-0.25, -0.2) is 9.78 Å². The molecule has 0 aliphatic carbocycles. The number of nitrogen functional groups attached to an aromatic ring is 1. The summed E-state index contributed by atoms with van der Waals surface area (Å²) in [7, 11) is 2.85. The van der Waals surface area contributed by atoms with Crippen LogP contribution in [-0.4, -0.2) is 70.6 Å². The van der Waals surface area contributed by atoms with Crippen LogP contribution in [0.2, 0.25) is 0 Å². The normalized spacial score (nSPS) is 19.4. The van der Waals surface area contributed by atoms with Gasteiger partial charge in [-0.1, -0.05) is 17.3 Å². The van der Waals surface area contributed by atoms with E-state index in [2.05, 4.69) is 15.5 Å². The molecule has 0 saturated carbocycles. The van der Waals surface area contributed by atoms with Crippen molar-refractivity contribution in [2.24, 2.45) is 5.16 Å². The topological polar surface area (TPSA) is 145 Å². The summed E-state index contributed by atoms with van der Waals surface area (Å²) in [6, 6.07) is 6.18. The molecule has 4 rings (SSSR count). The zero-order valence-electron chi connectivity index (χ0n) is 19.2. The number of hydrogen-bond donors (Lipinski definition) is 2. The quantitative estimate of drug-likeness (QED) is 0.156. The van der Waals surface area contributed by atoms with E-state index >= 15 is 0 Å². The highest BCUT2D eigenvalue weighted by molar-refractivity contribution is 8.00. The summed E-state index contributed by atoms with van der Waals surface area (Å²) in [5.74, 6) is -0.641. The van der Waals surface area contributed by atoms with Gasteiger partial charge in [0.25, 0.3) is 11.8 Å². The minimum Gasteiger partial charge on any atom is -0.497 e. The molecule has 0 unspecified atom stereocenters. The molecule has 2 amide bonds. The number of thiazole rings is 1. The van der Waals surface area contributed by atoms with Crippen LogP contribution in [0.4, 0.5) is 5.13 Å². The molecule has 36 heavy (non-hydrogen) atoms. The molecule has 0 radical (unpaired) electrons.